The van der Waals surface area contributed by atoms with E-state index in [0.717, 1.165) is 12.8 Å². The molecule has 1 unspecified atom stereocenters. The molecule has 0 aromatic heterocycles. The minimum absolute atomic E-state index is 0.108. The molecule has 1 aliphatic heterocycles. The van der Waals surface area contributed by atoms with Crippen LogP contribution in [0.4, 0.5) is 10.1 Å². The minimum atomic E-state index is -0.872. The molecule has 1 N–H and O–H groups in total. The number of hydrogen-bond acceptors (Lipinski definition) is 5. The summed E-state index contributed by atoms with van der Waals surface area (Å²) in [4.78, 5) is 25.1. The van der Waals surface area contributed by atoms with Crippen LogP contribution in [0.3, 0.4) is 0 Å². The Morgan fingerprint density at radius 3 is 2.36 bits per heavy atom. The van der Waals surface area contributed by atoms with Crippen LogP contribution < -0.4 is 5.32 Å². The van der Waals surface area contributed by atoms with Crippen molar-refractivity contribution in [2.24, 2.45) is 17.8 Å². The summed E-state index contributed by atoms with van der Waals surface area (Å²) in [5, 5.41) is 2.67. The van der Waals surface area contributed by atoms with Gasteiger partial charge in [0.05, 0.1) is 10.00 Å². The number of thioether (sulfide) groups is 2. The van der Waals surface area contributed by atoms with E-state index in [1.165, 1.54) is 55.0 Å². The molecule has 4 nitrogen and oxygen atoms in total. The summed E-state index contributed by atoms with van der Waals surface area (Å²) in [5.74, 6) is 2.45. The van der Waals surface area contributed by atoms with Crippen molar-refractivity contribution in [1.29, 1.82) is 0 Å². The first-order chi connectivity index (χ1) is 13.5. The van der Waals surface area contributed by atoms with Gasteiger partial charge in [-0.05, 0) is 68.7 Å². The Morgan fingerprint density at radius 2 is 1.75 bits per heavy atom. The second kappa shape index (κ2) is 8.27. The number of halogens is 1. The zero-order valence-electron chi connectivity index (χ0n) is 16.0. The maximum Gasteiger partial charge on any atom is 0.309 e. The minimum Gasteiger partial charge on any atom is -0.452 e. The van der Waals surface area contributed by atoms with E-state index in [2.05, 4.69) is 28.8 Å². The van der Waals surface area contributed by atoms with E-state index in [9.17, 15) is 14.0 Å². The highest BCUT2D eigenvalue weighted by atomic mass is 32.2. The first-order valence-corrected chi connectivity index (χ1v) is 12.0. The molecule has 0 radical (unpaired) electrons. The summed E-state index contributed by atoms with van der Waals surface area (Å²) >= 11 is 4.23. The summed E-state index contributed by atoms with van der Waals surface area (Å²) in [6.45, 7) is 1.59. The number of ether oxygens (including phenoxy) is 1. The van der Waals surface area contributed by atoms with Gasteiger partial charge in [-0.25, -0.2) is 4.39 Å². The van der Waals surface area contributed by atoms with E-state index >= 15 is 0 Å². The smallest absolute Gasteiger partial charge is 0.309 e. The standard InChI is InChI=1S/C21H26FNO3S2/c1-13(19(24)23-18-7-5-17(22)6-8-18)26-20(25)14-11-15-3-2-4-16(12-14)21(15)27-9-10-28-21/h5-8,13-16H,2-4,9-12H2,1H3,(H,23,24)/t13-,14?,15-,16+/m0/s1. The molecule has 7 heteroatoms. The highest BCUT2D eigenvalue weighted by Crippen LogP contribution is 2.64. The number of anilines is 1. The van der Waals surface area contributed by atoms with Gasteiger partial charge in [0.2, 0.25) is 0 Å². The predicted molar refractivity (Wildman–Crippen MR) is 112 cm³/mol. The van der Waals surface area contributed by atoms with Crippen molar-refractivity contribution in [3.63, 3.8) is 0 Å². The molecular weight excluding hydrogens is 397 g/mol. The molecule has 3 aliphatic rings. The Bertz CT molecular complexity index is 720. The number of esters is 1. The first kappa shape index (κ1) is 20.1. The first-order valence-electron chi connectivity index (χ1n) is 10.0. The molecule has 1 spiro atoms. The number of hydrogen-bond donors (Lipinski definition) is 1. The highest BCUT2D eigenvalue weighted by molar-refractivity contribution is 8.21. The number of amides is 1. The van der Waals surface area contributed by atoms with E-state index in [-0.39, 0.29) is 17.7 Å². The van der Waals surface area contributed by atoms with Gasteiger partial charge in [0.25, 0.3) is 5.91 Å². The Morgan fingerprint density at radius 1 is 1.14 bits per heavy atom. The Hall–Kier alpha value is -1.21. The summed E-state index contributed by atoms with van der Waals surface area (Å²) in [6, 6.07) is 5.53. The van der Waals surface area contributed by atoms with Gasteiger partial charge in [-0.15, -0.1) is 23.5 Å². The lowest BCUT2D eigenvalue weighted by molar-refractivity contribution is -0.159. The molecule has 152 valence electrons. The maximum absolute atomic E-state index is 13.0. The van der Waals surface area contributed by atoms with E-state index in [4.69, 9.17) is 4.74 Å². The van der Waals surface area contributed by atoms with Crippen LogP contribution in [0.5, 0.6) is 0 Å². The average molecular weight is 424 g/mol. The van der Waals surface area contributed by atoms with Crippen LogP contribution in [-0.2, 0) is 14.3 Å². The fourth-order valence-electron chi connectivity index (χ4n) is 4.90. The Balaban J connectivity index is 1.34. The van der Waals surface area contributed by atoms with Crippen molar-refractivity contribution in [3.8, 4) is 0 Å². The Kier molecular flexibility index (Phi) is 5.93. The number of rotatable bonds is 4. The molecule has 2 saturated carbocycles. The van der Waals surface area contributed by atoms with Crippen LogP contribution in [0.1, 0.15) is 39.0 Å². The second-order valence-electron chi connectivity index (χ2n) is 7.99. The van der Waals surface area contributed by atoms with Crippen molar-refractivity contribution in [2.75, 3.05) is 16.8 Å². The normalized spacial score (nSPS) is 29.3. The van der Waals surface area contributed by atoms with Crippen LogP contribution in [0.15, 0.2) is 24.3 Å². The monoisotopic (exact) mass is 423 g/mol. The van der Waals surface area contributed by atoms with Crippen molar-refractivity contribution in [2.45, 2.75) is 49.2 Å². The van der Waals surface area contributed by atoms with Crippen LogP contribution in [0, 0.1) is 23.6 Å². The third kappa shape index (κ3) is 3.92. The van der Waals surface area contributed by atoms with Crippen molar-refractivity contribution in [1.82, 2.24) is 0 Å². The molecule has 1 saturated heterocycles. The zero-order valence-corrected chi connectivity index (χ0v) is 17.6. The van der Waals surface area contributed by atoms with Gasteiger partial charge in [0, 0.05) is 17.2 Å². The molecule has 1 aromatic rings. The van der Waals surface area contributed by atoms with E-state index < -0.39 is 12.0 Å². The maximum atomic E-state index is 13.0. The second-order valence-corrected chi connectivity index (χ2v) is 11.0. The lowest BCUT2D eigenvalue weighted by atomic mass is 9.67. The number of nitrogens with one attached hydrogen (secondary N) is 1. The van der Waals surface area contributed by atoms with Gasteiger partial charge in [-0.1, -0.05) is 6.42 Å². The zero-order chi connectivity index (χ0) is 19.7. The molecule has 4 rings (SSSR count). The largest absolute Gasteiger partial charge is 0.452 e. The fraction of sp³-hybridized carbons (Fsp3) is 0.619. The third-order valence-electron chi connectivity index (χ3n) is 6.23. The van der Waals surface area contributed by atoms with E-state index in [0.29, 0.717) is 21.6 Å². The van der Waals surface area contributed by atoms with Crippen LogP contribution in [0.25, 0.3) is 0 Å². The Labute approximate surface area is 173 Å². The van der Waals surface area contributed by atoms with Gasteiger partial charge in [0.15, 0.2) is 6.10 Å². The molecule has 2 bridgehead atoms. The van der Waals surface area contributed by atoms with Gasteiger partial charge >= 0.3 is 5.97 Å². The number of benzene rings is 1. The number of carbonyl (C=O) groups excluding carboxylic acids is 2. The average Bonchev–Trinajstić information content (AvgIpc) is 3.12. The molecule has 4 atom stereocenters. The summed E-state index contributed by atoms with van der Waals surface area (Å²) in [7, 11) is 0. The highest BCUT2D eigenvalue weighted by Gasteiger charge is 2.55. The van der Waals surface area contributed by atoms with Crippen molar-refractivity contribution < 1.29 is 18.7 Å². The molecule has 1 aromatic carbocycles. The molecule has 2 aliphatic carbocycles. The quantitative estimate of drug-likeness (QED) is 0.712. The fourth-order valence-corrected chi connectivity index (χ4v) is 8.84. The topological polar surface area (TPSA) is 55.4 Å². The molecule has 1 amide bonds. The van der Waals surface area contributed by atoms with Crippen molar-refractivity contribution >= 4 is 41.1 Å². The summed E-state index contributed by atoms with van der Waals surface area (Å²) in [6.07, 6.45) is 4.53. The van der Waals surface area contributed by atoms with Crippen LogP contribution >= 0.6 is 23.5 Å². The van der Waals surface area contributed by atoms with E-state index in [1.807, 2.05) is 0 Å². The predicted octanol–water partition coefficient (Wildman–Crippen LogP) is 4.70. The lowest BCUT2D eigenvalue weighted by Gasteiger charge is -2.51. The molecule has 28 heavy (non-hydrogen) atoms. The number of carbonyl (C=O) groups is 2. The van der Waals surface area contributed by atoms with Gasteiger partial charge in [0.1, 0.15) is 5.82 Å². The summed E-state index contributed by atoms with van der Waals surface area (Å²) < 4.78 is 18.8. The van der Waals surface area contributed by atoms with Gasteiger partial charge in [-0.3, -0.25) is 9.59 Å². The molecule has 1 heterocycles. The summed E-state index contributed by atoms with van der Waals surface area (Å²) in [5.41, 5.74) is 0.485. The molecule has 3 fully saturated rings. The molecular formula is C21H26FNO3S2. The SMILES string of the molecule is C[C@H](OC(=O)C1C[C@H]2CCC[C@@H](C1)C21SCCS1)C(=O)Nc1ccc(F)cc1. The van der Waals surface area contributed by atoms with Crippen molar-refractivity contribution in [3.05, 3.63) is 30.1 Å². The van der Waals surface area contributed by atoms with Crippen LogP contribution in [-0.4, -0.2) is 33.6 Å². The van der Waals surface area contributed by atoms with Gasteiger partial charge in [-0.2, -0.15) is 0 Å². The van der Waals surface area contributed by atoms with Crippen LogP contribution in [0.2, 0.25) is 0 Å². The lowest BCUT2D eigenvalue weighted by Crippen LogP contribution is -2.48. The van der Waals surface area contributed by atoms with Gasteiger partial charge < -0.3 is 10.1 Å². The third-order valence-corrected chi connectivity index (χ3v) is 10.2. The van der Waals surface area contributed by atoms with E-state index in [1.54, 1.807) is 6.92 Å².